The Kier molecular flexibility index (Phi) is 5.06. The zero-order valence-corrected chi connectivity index (χ0v) is 17.3. The standard InChI is InChI=1S/C24H16F2N6O/c1-14-4-2-7-22(29-14)32-21(15-8-9-17-19(12-15)28-11-10-27-17)13-20(31-32)24(33)30-18-6-3-5-16(25)23(18)26/h2-13H,1H3,(H,30,33). The summed E-state index contributed by atoms with van der Waals surface area (Å²) < 4.78 is 29.1. The third-order valence-electron chi connectivity index (χ3n) is 5.00. The topological polar surface area (TPSA) is 85.6 Å². The summed E-state index contributed by atoms with van der Waals surface area (Å²) in [4.78, 5) is 26.0. The minimum absolute atomic E-state index is 0.0104. The lowest BCUT2D eigenvalue weighted by Gasteiger charge is -2.08. The van der Waals surface area contributed by atoms with Crippen LogP contribution in [0.15, 0.2) is 73.1 Å². The quantitative estimate of drug-likeness (QED) is 0.435. The van der Waals surface area contributed by atoms with Gasteiger partial charge in [0.25, 0.3) is 5.91 Å². The molecular formula is C24H16F2N6O. The first kappa shape index (κ1) is 20.4. The molecule has 7 nitrogen and oxygen atoms in total. The van der Waals surface area contributed by atoms with Crippen molar-refractivity contribution in [2.75, 3.05) is 5.32 Å². The number of hydrogen-bond donors (Lipinski definition) is 1. The van der Waals surface area contributed by atoms with Crippen LogP contribution in [-0.2, 0) is 0 Å². The van der Waals surface area contributed by atoms with Crippen molar-refractivity contribution in [3.05, 3.63) is 96.1 Å². The molecule has 0 aliphatic rings. The Balaban J connectivity index is 1.61. The summed E-state index contributed by atoms with van der Waals surface area (Å²) in [5.74, 6) is -2.38. The number of amides is 1. The largest absolute Gasteiger partial charge is 0.318 e. The van der Waals surface area contributed by atoms with E-state index in [1.54, 1.807) is 24.5 Å². The highest BCUT2D eigenvalue weighted by Crippen LogP contribution is 2.27. The molecule has 1 N–H and O–H groups in total. The molecule has 0 atom stereocenters. The van der Waals surface area contributed by atoms with Crippen molar-refractivity contribution in [3.63, 3.8) is 0 Å². The van der Waals surface area contributed by atoms with E-state index in [4.69, 9.17) is 0 Å². The van der Waals surface area contributed by atoms with E-state index >= 15 is 0 Å². The van der Waals surface area contributed by atoms with Gasteiger partial charge >= 0.3 is 0 Å². The number of anilines is 1. The van der Waals surface area contributed by atoms with Gasteiger partial charge in [0.2, 0.25) is 0 Å². The van der Waals surface area contributed by atoms with E-state index in [0.29, 0.717) is 17.0 Å². The molecule has 162 valence electrons. The predicted molar refractivity (Wildman–Crippen MR) is 119 cm³/mol. The Morgan fingerprint density at radius 3 is 2.55 bits per heavy atom. The number of hydrogen-bond acceptors (Lipinski definition) is 5. The van der Waals surface area contributed by atoms with Gasteiger partial charge in [0.05, 0.1) is 22.4 Å². The number of rotatable bonds is 4. The maximum absolute atomic E-state index is 14.0. The normalized spacial score (nSPS) is 11.0. The molecule has 0 fully saturated rings. The highest BCUT2D eigenvalue weighted by molar-refractivity contribution is 6.03. The molecule has 0 saturated heterocycles. The highest BCUT2D eigenvalue weighted by Gasteiger charge is 2.20. The van der Waals surface area contributed by atoms with E-state index in [1.165, 1.54) is 16.8 Å². The van der Waals surface area contributed by atoms with Gasteiger partial charge in [0, 0.05) is 23.7 Å². The molecule has 5 rings (SSSR count). The first-order valence-corrected chi connectivity index (χ1v) is 10.0. The van der Waals surface area contributed by atoms with Crippen LogP contribution in [-0.4, -0.2) is 30.6 Å². The fourth-order valence-electron chi connectivity index (χ4n) is 3.43. The summed E-state index contributed by atoms with van der Waals surface area (Å²) in [5.41, 5.74) is 3.21. The van der Waals surface area contributed by atoms with Crippen LogP contribution in [0.3, 0.4) is 0 Å². The zero-order valence-electron chi connectivity index (χ0n) is 17.3. The number of aryl methyl sites for hydroxylation is 1. The number of nitrogens with one attached hydrogen (secondary N) is 1. The molecule has 9 heteroatoms. The second-order valence-corrected chi connectivity index (χ2v) is 7.28. The number of carbonyl (C=O) groups is 1. The smallest absolute Gasteiger partial charge is 0.276 e. The molecule has 0 radical (unpaired) electrons. The summed E-state index contributed by atoms with van der Waals surface area (Å²) in [5, 5.41) is 6.80. The molecular weight excluding hydrogens is 426 g/mol. The van der Waals surface area contributed by atoms with E-state index < -0.39 is 17.5 Å². The summed E-state index contributed by atoms with van der Waals surface area (Å²) in [7, 11) is 0. The van der Waals surface area contributed by atoms with Crippen LogP contribution in [0.2, 0.25) is 0 Å². The van der Waals surface area contributed by atoms with Crippen molar-refractivity contribution in [1.82, 2.24) is 24.7 Å². The number of halogens is 2. The lowest BCUT2D eigenvalue weighted by Crippen LogP contribution is -2.14. The fraction of sp³-hybridized carbons (Fsp3) is 0.0417. The number of nitrogens with zero attached hydrogens (tertiary/aromatic N) is 5. The average Bonchev–Trinajstić information content (AvgIpc) is 3.27. The second kappa shape index (κ2) is 8.19. The van der Waals surface area contributed by atoms with Gasteiger partial charge in [-0.05, 0) is 49.4 Å². The lowest BCUT2D eigenvalue weighted by atomic mass is 10.1. The summed E-state index contributed by atoms with van der Waals surface area (Å²) in [6.07, 6.45) is 3.20. The molecule has 0 spiro atoms. The van der Waals surface area contributed by atoms with Crippen LogP contribution < -0.4 is 5.32 Å². The molecule has 0 aliphatic carbocycles. The Bertz CT molecular complexity index is 1510. The van der Waals surface area contributed by atoms with Crippen LogP contribution >= 0.6 is 0 Å². The third kappa shape index (κ3) is 3.91. The van der Waals surface area contributed by atoms with E-state index in [-0.39, 0.29) is 11.4 Å². The van der Waals surface area contributed by atoms with Crippen LogP contribution in [0.25, 0.3) is 28.1 Å². The van der Waals surface area contributed by atoms with Gasteiger partial charge < -0.3 is 5.32 Å². The van der Waals surface area contributed by atoms with Gasteiger partial charge in [-0.25, -0.2) is 18.4 Å². The maximum Gasteiger partial charge on any atom is 0.276 e. The monoisotopic (exact) mass is 442 g/mol. The number of benzene rings is 2. The molecule has 0 bridgehead atoms. The molecule has 5 aromatic rings. The number of aromatic nitrogens is 5. The van der Waals surface area contributed by atoms with Crippen molar-refractivity contribution < 1.29 is 13.6 Å². The van der Waals surface area contributed by atoms with E-state index in [1.807, 2.05) is 37.3 Å². The lowest BCUT2D eigenvalue weighted by molar-refractivity contribution is 0.102. The van der Waals surface area contributed by atoms with Crippen molar-refractivity contribution in [2.45, 2.75) is 6.92 Å². The minimum Gasteiger partial charge on any atom is -0.318 e. The van der Waals surface area contributed by atoms with Gasteiger partial charge in [-0.3, -0.25) is 14.8 Å². The van der Waals surface area contributed by atoms with Gasteiger partial charge in [0.15, 0.2) is 23.1 Å². The van der Waals surface area contributed by atoms with Gasteiger partial charge in [-0.2, -0.15) is 5.10 Å². The molecule has 0 aliphatic heterocycles. The predicted octanol–water partition coefficient (Wildman–Crippen LogP) is 4.72. The molecule has 3 heterocycles. The van der Waals surface area contributed by atoms with Crippen molar-refractivity contribution >= 4 is 22.6 Å². The molecule has 0 saturated carbocycles. The third-order valence-corrected chi connectivity index (χ3v) is 5.00. The van der Waals surface area contributed by atoms with Crippen LogP contribution in [0, 0.1) is 18.6 Å². The Morgan fingerprint density at radius 2 is 1.73 bits per heavy atom. The molecule has 1 amide bonds. The van der Waals surface area contributed by atoms with E-state index in [2.05, 4.69) is 25.4 Å². The number of carbonyl (C=O) groups excluding carboxylic acids is 1. The first-order valence-electron chi connectivity index (χ1n) is 10.0. The maximum atomic E-state index is 14.0. The van der Waals surface area contributed by atoms with Gasteiger partial charge in [0.1, 0.15) is 0 Å². The Labute approximate surface area is 186 Å². The van der Waals surface area contributed by atoms with Crippen LogP contribution in [0.4, 0.5) is 14.5 Å². The van der Waals surface area contributed by atoms with Gasteiger partial charge in [-0.15, -0.1) is 0 Å². The van der Waals surface area contributed by atoms with Crippen LogP contribution in [0.5, 0.6) is 0 Å². The first-order chi connectivity index (χ1) is 16.0. The highest BCUT2D eigenvalue weighted by atomic mass is 19.2. The van der Waals surface area contributed by atoms with Crippen LogP contribution in [0.1, 0.15) is 16.2 Å². The molecule has 3 aromatic heterocycles. The zero-order chi connectivity index (χ0) is 22.9. The Hall–Kier alpha value is -4.53. The Morgan fingerprint density at radius 1 is 0.939 bits per heavy atom. The van der Waals surface area contributed by atoms with Gasteiger partial charge in [-0.1, -0.05) is 18.2 Å². The van der Waals surface area contributed by atoms with Crippen molar-refractivity contribution in [1.29, 1.82) is 0 Å². The minimum atomic E-state index is -1.14. The summed E-state index contributed by atoms with van der Waals surface area (Å²) in [6, 6.07) is 16.1. The van der Waals surface area contributed by atoms with E-state index in [0.717, 1.165) is 22.8 Å². The molecule has 33 heavy (non-hydrogen) atoms. The van der Waals surface area contributed by atoms with Crippen molar-refractivity contribution in [3.8, 4) is 17.1 Å². The summed E-state index contributed by atoms with van der Waals surface area (Å²) in [6.45, 7) is 1.85. The summed E-state index contributed by atoms with van der Waals surface area (Å²) >= 11 is 0. The molecule has 2 aromatic carbocycles. The molecule has 0 unspecified atom stereocenters. The average molecular weight is 442 g/mol. The fourth-order valence-corrected chi connectivity index (χ4v) is 3.43. The number of pyridine rings is 1. The van der Waals surface area contributed by atoms with Crippen molar-refractivity contribution in [2.24, 2.45) is 0 Å². The van der Waals surface area contributed by atoms with E-state index in [9.17, 15) is 13.6 Å². The SMILES string of the molecule is Cc1cccc(-n2nc(C(=O)Nc3cccc(F)c3F)cc2-c2ccc3nccnc3c2)n1. The second-order valence-electron chi connectivity index (χ2n) is 7.28. The number of fused-ring (bicyclic) bond motifs is 1.